The SMILES string of the molecule is O=S(=O)(c1cc(Br)[c]c(Br)c1Cc1ccsc1)C(F)(F)C(F)(F)C(F)(F)F. The smallest absolute Gasteiger partial charge is 0.217 e. The van der Waals surface area contributed by atoms with Gasteiger partial charge in [0.15, 0.2) is 0 Å². The molecule has 27 heavy (non-hydrogen) atoms. The molecule has 1 radical (unpaired) electrons. The third-order valence-corrected chi connectivity index (χ3v) is 7.07. The summed E-state index contributed by atoms with van der Waals surface area (Å²) in [7, 11) is -6.44. The standard InChI is InChI=1S/C14H6Br2F7O2S2/c15-8-4-10(16)9(3-7-1-2-26-6-7)11(5-8)27(24,25)14(22,23)12(17,18)13(19,20)21/h1-2,5-6H,3H2. The maximum Gasteiger partial charge on any atom is 0.461 e. The molecule has 0 amide bonds. The highest BCUT2D eigenvalue weighted by molar-refractivity contribution is 9.11. The van der Waals surface area contributed by atoms with Crippen LogP contribution in [-0.2, 0) is 16.3 Å². The maximum absolute atomic E-state index is 14.0. The summed E-state index contributed by atoms with van der Waals surface area (Å²) in [5.74, 6) is -6.79. The zero-order valence-corrected chi connectivity index (χ0v) is 17.4. The Labute approximate surface area is 169 Å². The second kappa shape index (κ2) is 7.30. The largest absolute Gasteiger partial charge is 0.461 e. The summed E-state index contributed by atoms with van der Waals surface area (Å²) >= 11 is 6.86. The number of halogens is 9. The second-order valence-electron chi connectivity index (χ2n) is 5.17. The maximum atomic E-state index is 14.0. The average Bonchev–Trinajstić information content (AvgIpc) is 3.01. The number of alkyl halides is 7. The van der Waals surface area contributed by atoms with Crippen LogP contribution in [0.1, 0.15) is 11.1 Å². The van der Waals surface area contributed by atoms with Crippen molar-refractivity contribution in [1.82, 2.24) is 0 Å². The Balaban J connectivity index is 2.72. The molecule has 1 aromatic heterocycles. The van der Waals surface area contributed by atoms with E-state index in [9.17, 15) is 39.2 Å². The first-order valence-electron chi connectivity index (χ1n) is 6.61. The monoisotopic (exact) mass is 561 g/mol. The molecule has 2 nitrogen and oxygen atoms in total. The third kappa shape index (κ3) is 3.92. The topological polar surface area (TPSA) is 34.1 Å². The van der Waals surface area contributed by atoms with Crippen molar-refractivity contribution in [3.05, 3.63) is 49.0 Å². The van der Waals surface area contributed by atoms with E-state index in [4.69, 9.17) is 0 Å². The van der Waals surface area contributed by atoms with Crippen LogP contribution in [0.15, 0.2) is 36.7 Å². The Bertz CT molecular complexity index is 939. The van der Waals surface area contributed by atoms with Crippen LogP contribution in [0.3, 0.4) is 0 Å². The summed E-state index contributed by atoms with van der Waals surface area (Å²) in [4.78, 5) is -1.36. The zero-order valence-electron chi connectivity index (χ0n) is 12.6. The van der Waals surface area contributed by atoms with Gasteiger partial charge in [0.25, 0.3) is 9.84 Å². The molecule has 1 aromatic carbocycles. The molecule has 149 valence electrons. The first-order chi connectivity index (χ1) is 12.1. The van der Waals surface area contributed by atoms with Crippen molar-refractivity contribution in [3.8, 4) is 0 Å². The summed E-state index contributed by atoms with van der Waals surface area (Å²) < 4.78 is 116. The molecule has 0 N–H and O–H groups in total. The van der Waals surface area contributed by atoms with Crippen molar-refractivity contribution >= 4 is 53.0 Å². The minimum atomic E-state index is -6.79. The number of benzene rings is 1. The molecule has 0 spiro atoms. The van der Waals surface area contributed by atoms with Gasteiger partial charge in [0, 0.05) is 21.4 Å². The van der Waals surface area contributed by atoms with Crippen LogP contribution in [0.4, 0.5) is 30.7 Å². The van der Waals surface area contributed by atoms with Gasteiger partial charge in [-0.2, -0.15) is 42.1 Å². The molecule has 0 saturated heterocycles. The van der Waals surface area contributed by atoms with Crippen LogP contribution in [0.2, 0.25) is 0 Å². The summed E-state index contributed by atoms with van der Waals surface area (Å²) in [5, 5.41) is -3.30. The van der Waals surface area contributed by atoms with Gasteiger partial charge in [0.05, 0.1) is 4.90 Å². The van der Waals surface area contributed by atoms with Crippen LogP contribution in [0.25, 0.3) is 0 Å². The molecule has 2 rings (SSSR count). The van der Waals surface area contributed by atoms with Crippen LogP contribution in [-0.4, -0.2) is 25.8 Å². The molecule has 0 aliphatic heterocycles. The predicted molar refractivity (Wildman–Crippen MR) is 90.9 cm³/mol. The fourth-order valence-corrected chi connectivity index (χ4v) is 5.71. The fraction of sp³-hybridized carbons (Fsp3) is 0.286. The molecule has 0 aliphatic rings. The van der Waals surface area contributed by atoms with Crippen molar-refractivity contribution in [2.24, 2.45) is 0 Å². The molecule has 1 heterocycles. The van der Waals surface area contributed by atoms with Crippen molar-refractivity contribution in [3.63, 3.8) is 0 Å². The van der Waals surface area contributed by atoms with Crippen LogP contribution in [0, 0.1) is 6.07 Å². The van der Waals surface area contributed by atoms with E-state index in [1.807, 2.05) is 0 Å². The lowest BCUT2D eigenvalue weighted by Crippen LogP contribution is -2.56. The van der Waals surface area contributed by atoms with Crippen molar-refractivity contribution in [2.75, 3.05) is 0 Å². The quantitative estimate of drug-likeness (QED) is 0.405. The van der Waals surface area contributed by atoms with Crippen LogP contribution < -0.4 is 0 Å². The summed E-state index contributed by atoms with van der Waals surface area (Å²) in [6.45, 7) is 0. The molecular formula is C14H6Br2F7O2S2. The number of hydrogen-bond donors (Lipinski definition) is 0. The normalized spacial score (nSPS) is 13.8. The van der Waals surface area contributed by atoms with Gasteiger partial charge in [-0.25, -0.2) is 8.42 Å². The van der Waals surface area contributed by atoms with Crippen molar-refractivity contribution in [1.29, 1.82) is 0 Å². The van der Waals surface area contributed by atoms with Crippen LogP contribution >= 0.6 is 43.2 Å². The highest BCUT2D eigenvalue weighted by Gasteiger charge is 2.78. The number of sulfone groups is 1. The summed E-state index contributed by atoms with van der Waals surface area (Å²) in [5.41, 5.74) is 0.0213. The molecule has 13 heteroatoms. The van der Waals surface area contributed by atoms with Gasteiger partial charge in [-0.15, -0.1) is 0 Å². The first-order valence-corrected chi connectivity index (χ1v) is 10.6. The minimum absolute atomic E-state index is 0.173. The van der Waals surface area contributed by atoms with E-state index in [1.54, 1.807) is 5.38 Å². The lowest BCUT2D eigenvalue weighted by Gasteiger charge is -2.28. The van der Waals surface area contributed by atoms with Gasteiger partial charge in [0.2, 0.25) is 0 Å². The molecule has 2 aromatic rings. The Hall–Kier alpha value is -0.660. The van der Waals surface area contributed by atoms with Gasteiger partial charge in [-0.05, 0) is 49.9 Å². The number of rotatable bonds is 5. The van der Waals surface area contributed by atoms with E-state index in [0.717, 1.165) is 0 Å². The predicted octanol–water partition coefficient (Wildman–Crippen LogP) is 6.23. The lowest BCUT2D eigenvalue weighted by atomic mass is 10.1. The summed E-state index contributed by atoms with van der Waals surface area (Å²) in [6.07, 6.45) is -7.08. The van der Waals surface area contributed by atoms with Crippen molar-refractivity contribution < 1.29 is 39.2 Å². The van der Waals surface area contributed by atoms with Gasteiger partial charge >= 0.3 is 17.4 Å². The van der Waals surface area contributed by atoms with E-state index >= 15 is 0 Å². The van der Waals surface area contributed by atoms with E-state index in [0.29, 0.717) is 11.6 Å². The van der Waals surface area contributed by atoms with E-state index in [2.05, 4.69) is 37.9 Å². The Morgan fingerprint density at radius 3 is 2.15 bits per heavy atom. The Kier molecular flexibility index (Phi) is 6.12. The lowest BCUT2D eigenvalue weighted by molar-refractivity contribution is -0.332. The number of thiophene rings is 1. The third-order valence-electron chi connectivity index (χ3n) is 3.36. The van der Waals surface area contributed by atoms with Gasteiger partial charge in [-0.1, -0.05) is 15.9 Å². The molecular weight excluding hydrogens is 557 g/mol. The number of hydrogen-bond acceptors (Lipinski definition) is 3. The molecule has 0 aliphatic carbocycles. The highest BCUT2D eigenvalue weighted by Crippen LogP contribution is 2.51. The summed E-state index contributed by atoms with van der Waals surface area (Å²) in [6, 6.07) is 4.53. The zero-order chi connectivity index (χ0) is 20.8. The molecule has 0 saturated carbocycles. The fourth-order valence-electron chi connectivity index (χ4n) is 2.00. The Morgan fingerprint density at radius 1 is 1.07 bits per heavy atom. The molecule has 0 fully saturated rings. The van der Waals surface area contributed by atoms with E-state index < -0.39 is 37.6 Å². The van der Waals surface area contributed by atoms with Crippen LogP contribution in [0.5, 0.6) is 0 Å². The van der Waals surface area contributed by atoms with Crippen molar-refractivity contribution in [2.45, 2.75) is 28.7 Å². The molecule has 0 atom stereocenters. The van der Waals surface area contributed by atoms with E-state index in [1.165, 1.54) is 22.8 Å². The first kappa shape index (κ1) is 22.6. The second-order valence-corrected chi connectivity index (χ2v) is 9.56. The van der Waals surface area contributed by atoms with E-state index in [-0.39, 0.29) is 15.4 Å². The Morgan fingerprint density at radius 2 is 1.67 bits per heavy atom. The molecule has 0 unspecified atom stereocenters. The molecule has 0 bridgehead atoms. The minimum Gasteiger partial charge on any atom is -0.217 e. The average molecular weight is 563 g/mol. The van der Waals surface area contributed by atoms with Gasteiger partial charge < -0.3 is 0 Å². The van der Waals surface area contributed by atoms with Gasteiger partial charge in [0.1, 0.15) is 0 Å². The van der Waals surface area contributed by atoms with Gasteiger partial charge in [-0.3, -0.25) is 0 Å². The highest BCUT2D eigenvalue weighted by atomic mass is 79.9.